The minimum Gasteiger partial charge on any atom is -0.598 e. The molecule has 0 aliphatic carbocycles. The van der Waals surface area contributed by atoms with Gasteiger partial charge in [-0.25, -0.2) is 4.39 Å². The van der Waals surface area contributed by atoms with E-state index in [9.17, 15) is 8.94 Å². The molecule has 0 saturated heterocycles. The molecule has 0 fully saturated rings. The van der Waals surface area contributed by atoms with E-state index in [4.69, 9.17) is 4.74 Å². The van der Waals surface area contributed by atoms with Crippen LogP contribution in [-0.2, 0) is 11.4 Å². The van der Waals surface area contributed by atoms with Gasteiger partial charge in [0, 0.05) is 17.4 Å². The summed E-state index contributed by atoms with van der Waals surface area (Å²) in [4.78, 5) is 0. The third kappa shape index (κ3) is 4.15. The van der Waals surface area contributed by atoms with Crippen molar-refractivity contribution >= 4 is 11.4 Å². The fourth-order valence-corrected chi connectivity index (χ4v) is 2.17. The van der Waals surface area contributed by atoms with E-state index >= 15 is 0 Å². The molecule has 102 valence electrons. The van der Waals surface area contributed by atoms with Crippen LogP contribution in [0.5, 0.6) is 5.75 Å². The number of methoxy groups -OCH3 is 1. The van der Waals surface area contributed by atoms with Crippen LogP contribution in [0.25, 0.3) is 0 Å². The molecule has 2 atom stereocenters. The molecule has 0 aliphatic rings. The molecule has 1 aromatic carbocycles. The first-order valence-corrected chi connectivity index (χ1v) is 6.91. The van der Waals surface area contributed by atoms with Crippen LogP contribution in [0.3, 0.4) is 0 Å². The van der Waals surface area contributed by atoms with Crippen molar-refractivity contribution in [2.75, 3.05) is 7.11 Å². The zero-order chi connectivity index (χ0) is 13.9. The summed E-state index contributed by atoms with van der Waals surface area (Å²) in [7, 11) is 1.49. The lowest BCUT2D eigenvalue weighted by molar-refractivity contribution is 0.410. The number of hydrogen-bond donors (Lipinski definition) is 1. The Morgan fingerprint density at radius 2 is 1.94 bits per heavy atom. The normalized spacial score (nSPS) is 15.3. The maximum atomic E-state index is 13.4. The van der Waals surface area contributed by atoms with Crippen LogP contribution in [0.15, 0.2) is 18.2 Å². The molecule has 18 heavy (non-hydrogen) atoms. The summed E-state index contributed by atoms with van der Waals surface area (Å²) >= 11 is -1.20. The van der Waals surface area contributed by atoms with Crippen molar-refractivity contribution in [3.05, 3.63) is 29.6 Å². The minimum atomic E-state index is -1.20. The van der Waals surface area contributed by atoms with Gasteiger partial charge in [0.25, 0.3) is 0 Å². The van der Waals surface area contributed by atoms with E-state index in [1.165, 1.54) is 19.2 Å². The van der Waals surface area contributed by atoms with Crippen molar-refractivity contribution in [3.63, 3.8) is 0 Å². The average Bonchev–Trinajstić information content (AvgIpc) is 2.26. The van der Waals surface area contributed by atoms with Gasteiger partial charge in [-0.1, -0.05) is 0 Å². The molecule has 0 aliphatic heterocycles. The van der Waals surface area contributed by atoms with Gasteiger partial charge in [0.1, 0.15) is 16.3 Å². The summed E-state index contributed by atoms with van der Waals surface area (Å²) in [5.41, 5.74) is 0.712. The molecule has 3 nitrogen and oxygen atoms in total. The predicted octanol–water partition coefficient (Wildman–Crippen LogP) is 2.95. The minimum absolute atomic E-state index is 0.213. The molecular formula is C13H20FNO2S. The number of rotatable bonds is 4. The number of halogens is 1. The molecule has 0 bridgehead atoms. The highest BCUT2D eigenvalue weighted by Gasteiger charge is 2.28. The topological polar surface area (TPSA) is 44.3 Å². The summed E-state index contributed by atoms with van der Waals surface area (Å²) < 4.78 is 32.9. The van der Waals surface area contributed by atoms with Crippen molar-refractivity contribution < 1.29 is 13.7 Å². The first-order chi connectivity index (χ1) is 8.24. The summed E-state index contributed by atoms with van der Waals surface area (Å²) in [5.74, 6) is 0.0970. The van der Waals surface area contributed by atoms with Gasteiger partial charge in [-0.3, -0.25) is 0 Å². The van der Waals surface area contributed by atoms with E-state index < -0.39 is 11.4 Å². The van der Waals surface area contributed by atoms with Crippen molar-refractivity contribution in [2.45, 2.75) is 38.5 Å². The Hall–Kier alpha value is -0.780. The van der Waals surface area contributed by atoms with Crippen LogP contribution >= 0.6 is 0 Å². The first kappa shape index (κ1) is 15.3. The summed E-state index contributed by atoms with van der Waals surface area (Å²) in [5, 5.41) is 0. The van der Waals surface area contributed by atoms with E-state index in [1.807, 2.05) is 27.7 Å². The van der Waals surface area contributed by atoms with E-state index in [0.29, 0.717) is 11.3 Å². The highest BCUT2D eigenvalue weighted by Crippen LogP contribution is 2.23. The number of hydrogen-bond acceptors (Lipinski definition) is 3. The Labute approximate surface area is 111 Å². The van der Waals surface area contributed by atoms with Crippen molar-refractivity contribution in [1.82, 2.24) is 4.72 Å². The number of benzene rings is 1. The molecule has 0 heterocycles. The monoisotopic (exact) mass is 273 g/mol. The van der Waals surface area contributed by atoms with Crippen LogP contribution in [0.4, 0.5) is 4.39 Å². The van der Waals surface area contributed by atoms with E-state index in [0.717, 1.165) is 0 Å². The van der Waals surface area contributed by atoms with E-state index in [2.05, 4.69) is 4.72 Å². The van der Waals surface area contributed by atoms with Gasteiger partial charge in [0.15, 0.2) is 0 Å². The Bertz CT molecular complexity index is 406. The number of ether oxygens (including phenoxy) is 1. The molecule has 1 N–H and O–H groups in total. The summed E-state index contributed by atoms with van der Waals surface area (Å²) in [6, 6.07) is 4.26. The van der Waals surface area contributed by atoms with Crippen LogP contribution in [0.2, 0.25) is 0 Å². The Balaban J connectivity index is 2.84. The van der Waals surface area contributed by atoms with Gasteiger partial charge in [-0.15, -0.1) is 4.72 Å². The molecule has 0 spiro atoms. The Morgan fingerprint density at radius 3 is 2.44 bits per heavy atom. The molecule has 2 unspecified atom stereocenters. The van der Waals surface area contributed by atoms with Crippen LogP contribution in [0.1, 0.15) is 39.3 Å². The zero-order valence-electron chi connectivity index (χ0n) is 11.4. The second-order valence-electron chi connectivity index (χ2n) is 5.15. The highest BCUT2D eigenvalue weighted by atomic mass is 32.2. The standard InChI is InChI=1S/C13H20FNO2S/c1-9(15-18(16)13(2,3)4)10-6-11(14)8-12(7-10)17-5/h6-9,15H,1-5H3. The fraction of sp³-hybridized carbons (Fsp3) is 0.538. The smallest absolute Gasteiger partial charge is 0.136 e. The molecule has 1 rings (SSSR count). The van der Waals surface area contributed by atoms with Crippen LogP contribution in [-0.4, -0.2) is 16.4 Å². The third-order valence-electron chi connectivity index (χ3n) is 2.47. The van der Waals surface area contributed by atoms with Crippen LogP contribution in [0, 0.1) is 5.82 Å². The maximum absolute atomic E-state index is 13.4. The molecule has 0 aromatic heterocycles. The third-order valence-corrected chi connectivity index (χ3v) is 4.15. The van der Waals surface area contributed by atoms with Gasteiger partial charge in [-0.2, -0.15) is 0 Å². The van der Waals surface area contributed by atoms with E-state index in [1.54, 1.807) is 6.07 Å². The van der Waals surface area contributed by atoms with Crippen molar-refractivity contribution in [3.8, 4) is 5.75 Å². The molecule has 0 radical (unpaired) electrons. The summed E-state index contributed by atoms with van der Waals surface area (Å²) in [6.45, 7) is 7.50. The van der Waals surface area contributed by atoms with Gasteiger partial charge in [0.2, 0.25) is 0 Å². The summed E-state index contributed by atoms with van der Waals surface area (Å²) in [6.07, 6.45) is 0. The lowest BCUT2D eigenvalue weighted by Crippen LogP contribution is -2.40. The number of nitrogens with one attached hydrogen (secondary N) is 1. The fourth-order valence-electron chi connectivity index (χ4n) is 1.36. The molecule has 0 amide bonds. The second-order valence-corrected chi connectivity index (χ2v) is 7.14. The molecule has 0 saturated carbocycles. The van der Waals surface area contributed by atoms with Gasteiger partial charge < -0.3 is 9.29 Å². The largest absolute Gasteiger partial charge is 0.598 e. The maximum Gasteiger partial charge on any atom is 0.136 e. The lowest BCUT2D eigenvalue weighted by Gasteiger charge is -2.26. The van der Waals surface area contributed by atoms with Crippen molar-refractivity contribution in [1.29, 1.82) is 0 Å². The molecular weight excluding hydrogens is 253 g/mol. The first-order valence-electron chi connectivity index (χ1n) is 5.76. The van der Waals surface area contributed by atoms with Gasteiger partial charge in [-0.05, 0) is 45.4 Å². The Morgan fingerprint density at radius 1 is 1.33 bits per heavy atom. The van der Waals surface area contributed by atoms with Gasteiger partial charge in [0.05, 0.1) is 13.2 Å². The average molecular weight is 273 g/mol. The zero-order valence-corrected chi connectivity index (χ0v) is 12.2. The molecule has 1 aromatic rings. The highest BCUT2D eigenvalue weighted by molar-refractivity contribution is 7.90. The van der Waals surface area contributed by atoms with Crippen molar-refractivity contribution in [2.24, 2.45) is 0 Å². The Kier molecular flexibility index (Phi) is 5.01. The second kappa shape index (κ2) is 5.91. The SMILES string of the molecule is COc1cc(F)cc(C(C)N[S+]([O-])C(C)(C)C)c1. The predicted molar refractivity (Wildman–Crippen MR) is 72.4 cm³/mol. The van der Waals surface area contributed by atoms with Crippen LogP contribution < -0.4 is 9.46 Å². The lowest BCUT2D eigenvalue weighted by atomic mass is 10.1. The van der Waals surface area contributed by atoms with Gasteiger partial charge >= 0.3 is 0 Å². The molecule has 5 heteroatoms. The quantitative estimate of drug-likeness (QED) is 0.858. The van der Waals surface area contributed by atoms with E-state index in [-0.39, 0.29) is 16.6 Å².